The van der Waals surface area contributed by atoms with Gasteiger partial charge in [-0.3, -0.25) is 0 Å². The fourth-order valence-electron chi connectivity index (χ4n) is 1.76. The van der Waals surface area contributed by atoms with Gasteiger partial charge >= 0.3 is 0 Å². The van der Waals surface area contributed by atoms with E-state index in [1.54, 1.807) is 12.1 Å². The van der Waals surface area contributed by atoms with Gasteiger partial charge in [-0.2, -0.15) is 0 Å². The van der Waals surface area contributed by atoms with Gasteiger partial charge < -0.3 is 10.1 Å². The van der Waals surface area contributed by atoms with Crippen molar-refractivity contribution in [1.29, 1.82) is 0 Å². The highest BCUT2D eigenvalue weighted by atomic mass is 79.9. The molecule has 0 unspecified atom stereocenters. The molecule has 106 valence electrons. The zero-order valence-electron chi connectivity index (χ0n) is 10.9. The van der Waals surface area contributed by atoms with Gasteiger partial charge in [-0.15, -0.1) is 0 Å². The van der Waals surface area contributed by atoms with Crippen LogP contribution in [0.25, 0.3) is 0 Å². The molecule has 1 N–H and O–H groups in total. The van der Waals surface area contributed by atoms with Crippen LogP contribution in [0, 0.1) is 5.82 Å². The minimum atomic E-state index is -0.255. The Morgan fingerprint density at radius 1 is 1.25 bits per heavy atom. The minimum absolute atomic E-state index is 0.255. The monoisotopic (exact) mass is 357 g/mol. The van der Waals surface area contributed by atoms with Crippen molar-refractivity contribution in [3.05, 3.63) is 57.3 Å². The van der Waals surface area contributed by atoms with E-state index in [9.17, 15) is 4.39 Å². The Morgan fingerprint density at radius 2 is 2.05 bits per heavy atom. The first-order valence-corrected chi connectivity index (χ1v) is 7.37. The third-order valence-corrected chi connectivity index (χ3v) is 3.79. The van der Waals surface area contributed by atoms with Crippen molar-refractivity contribution in [2.75, 3.05) is 11.9 Å². The molecule has 0 spiro atoms. The highest BCUT2D eigenvalue weighted by Crippen LogP contribution is 2.28. The van der Waals surface area contributed by atoms with Crippen molar-refractivity contribution >= 4 is 33.2 Å². The molecule has 0 amide bonds. The summed E-state index contributed by atoms with van der Waals surface area (Å²) in [5.74, 6) is 0.404. The van der Waals surface area contributed by atoms with Crippen LogP contribution in [0.1, 0.15) is 12.5 Å². The standard InChI is InChI=1S/C15H14BrClFNO/c1-2-20-15-6-4-12(8-14(15)17)19-9-10-7-11(18)3-5-13(10)16/h3-8,19H,2,9H2,1H3. The van der Waals surface area contributed by atoms with Crippen LogP contribution in [0.2, 0.25) is 5.02 Å². The molecular formula is C15H14BrClFNO. The average Bonchev–Trinajstić information content (AvgIpc) is 2.43. The second-order valence-corrected chi connectivity index (χ2v) is 5.43. The lowest BCUT2D eigenvalue weighted by Crippen LogP contribution is -2.01. The first-order valence-electron chi connectivity index (χ1n) is 6.20. The zero-order valence-corrected chi connectivity index (χ0v) is 13.3. The van der Waals surface area contributed by atoms with Crippen LogP contribution < -0.4 is 10.1 Å². The molecule has 0 saturated carbocycles. The number of ether oxygens (including phenoxy) is 1. The molecule has 20 heavy (non-hydrogen) atoms. The number of halogens is 3. The molecule has 2 nitrogen and oxygen atoms in total. The van der Waals surface area contributed by atoms with E-state index in [0.717, 1.165) is 15.7 Å². The summed E-state index contributed by atoms with van der Waals surface area (Å²) >= 11 is 9.51. The fraction of sp³-hybridized carbons (Fsp3) is 0.200. The molecule has 2 rings (SSSR count). The topological polar surface area (TPSA) is 21.3 Å². The number of anilines is 1. The van der Waals surface area contributed by atoms with Crippen molar-refractivity contribution < 1.29 is 9.13 Å². The van der Waals surface area contributed by atoms with E-state index >= 15 is 0 Å². The molecule has 0 bridgehead atoms. The molecule has 0 aliphatic heterocycles. The molecule has 0 aliphatic carbocycles. The Morgan fingerprint density at radius 3 is 2.75 bits per heavy atom. The van der Waals surface area contributed by atoms with Crippen LogP contribution in [0.3, 0.4) is 0 Å². The molecule has 5 heteroatoms. The molecule has 2 aromatic carbocycles. The van der Waals surface area contributed by atoms with Crippen LogP contribution in [-0.4, -0.2) is 6.61 Å². The molecular weight excluding hydrogens is 345 g/mol. The molecule has 0 heterocycles. The van der Waals surface area contributed by atoms with E-state index in [-0.39, 0.29) is 5.82 Å². The van der Waals surface area contributed by atoms with E-state index in [1.165, 1.54) is 12.1 Å². The van der Waals surface area contributed by atoms with Crippen molar-refractivity contribution in [3.63, 3.8) is 0 Å². The Bertz CT molecular complexity index is 606. The number of hydrogen-bond donors (Lipinski definition) is 1. The zero-order chi connectivity index (χ0) is 14.5. The Labute approximate surface area is 131 Å². The second-order valence-electron chi connectivity index (χ2n) is 4.17. The van der Waals surface area contributed by atoms with Crippen LogP contribution in [-0.2, 0) is 6.54 Å². The van der Waals surface area contributed by atoms with Crippen LogP contribution in [0.15, 0.2) is 40.9 Å². The van der Waals surface area contributed by atoms with Gasteiger partial charge in [-0.05, 0) is 48.9 Å². The SMILES string of the molecule is CCOc1ccc(NCc2cc(F)ccc2Br)cc1Cl. The van der Waals surface area contributed by atoms with Gasteiger partial charge in [0, 0.05) is 16.7 Å². The average molecular weight is 359 g/mol. The lowest BCUT2D eigenvalue weighted by atomic mass is 10.2. The van der Waals surface area contributed by atoms with Gasteiger partial charge in [0.1, 0.15) is 11.6 Å². The van der Waals surface area contributed by atoms with Gasteiger partial charge in [0.25, 0.3) is 0 Å². The van der Waals surface area contributed by atoms with Gasteiger partial charge in [0.15, 0.2) is 0 Å². The molecule has 0 saturated heterocycles. The van der Waals surface area contributed by atoms with Crippen LogP contribution in [0.5, 0.6) is 5.75 Å². The van der Waals surface area contributed by atoms with E-state index in [1.807, 2.05) is 19.1 Å². The van der Waals surface area contributed by atoms with Gasteiger partial charge in [-0.25, -0.2) is 4.39 Å². The predicted octanol–water partition coefficient (Wildman–Crippen LogP) is 5.25. The lowest BCUT2D eigenvalue weighted by Gasteiger charge is -2.11. The summed E-state index contributed by atoms with van der Waals surface area (Å²) in [5.41, 5.74) is 1.70. The maximum atomic E-state index is 13.2. The minimum Gasteiger partial charge on any atom is -0.492 e. The molecule has 0 aromatic heterocycles. The fourth-order valence-corrected chi connectivity index (χ4v) is 2.38. The third-order valence-electron chi connectivity index (χ3n) is 2.72. The molecule has 0 radical (unpaired) electrons. The third kappa shape index (κ3) is 3.87. The Kier molecular flexibility index (Phi) is 5.26. The normalized spacial score (nSPS) is 10.4. The summed E-state index contributed by atoms with van der Waals surface area (Å²) in [6, 6.07) is 10.1. The van der Waals surface area contributed by atoms with E-state index in [0.29, 0.717) is 23.9 Å². The molecule has 0 atom stereocenters. The van der Waals surface area contributed by atoms with E-state index < -0.39 is 0 Å². The number of benzene rings is 2. The smallest absolute Gasteiger partial charge is 0.138 e. The summed E-state index contributed by atoms with van der Waals surface area (Å²) < 4.78 is 19.4. The maximum Gasteiger partial charge on any atom is 0.138 e. The molecule has 0 fully saturated rings. The van der Waals surface area contributed by atoms with E-state index in [4.69, 9.17) is 16.3 Å². The van der Waals surface area contributed by atoms with Crippen LogP contribution >= 0.6 is 27.5 Å². The van der Waals surface area contributed by atoms with Crippen molar-refractivity contribution in [2.45, 2.75) is 13.5 Å². The first-order chi connectivity index (χ1) is 9.60. The predicted molar refractivity (Wildman–Crippen MR) is 84.0 cm³/mol. The molecule has 0 aliphatic rings. The largest absolute Gasteiger partial charge is 0.492 e. The van der Waals surface area contributed by atoms with E-state index in [2.05, 4.69) is 21.2 Å². The van der Waals surface area contributed by atoms with Crippen molar-refractivity contribution in [2.24, 2.45) is 0 Å². The lowest BCUT2D eigenvalue weighted by molar-refractivity contribution is 0.340. The summed E-state index contributed by atoms with van der Waals surface area (Å²) in [4.78, 5) is 0. The summed E-state index contributed by atoms with van der Waals surface area (Å²) in [6.45, 7) is 2.98. The molecule has 2 aromatic rings. The van der Waals surface area contributed by atoms with Crippen molar-refractivity contribution in [3.8, 4) is 5.75 Å². The first kappa shape index (κ1) is 15.1. The second kappa shape index (κ2) is 6.95. The summed E-state index contributed by atoms with van der Waals surface area (Å²) in [7, 11) is 0. The van der Waals surface area contributed by atoms with Gasteiger partial charge in [0.2, 0.25) is 0 Å². The number of nitrogens with one attached hydrogen (secondary N) is 1. The number of hydrogen-bond acceptors (Lipinski definition) is 2. The van der Waals surface area contributed by atoms with Gasteiger partial charge in [0.05, 0.1) is 11.6 Å². The maximum absolute atomic E-state index is 13.2. The summed E-state index contributed by atoms with van der Waals surface area (Å²) in [5, 5.41) is 3.75. The highest BCUT2D eigenvalue weighted by molar-refractivity contribution is 9.10. The Hall–Kier alpha value is -1.26. The Balaban J connectivity index is 2.07. The van der Waals surface area contributed by atoms with Gasteiger partial charge in [-0.1, -0.05) is 27.5 Å². The summed E-state index contributed by atoms with van der Waals surface area (Å²) in [6.07, 6.45) is 0. The van der Waals surface area contributed by atoms with Crippen molar-refractivity contribution in [1.82, 2.24) is 0 Å². The quantitative estimate of drug-likeness (QED) is 0.788. The highest BCUT2D eigenvalue weighted by Gasteiger charge is 2.05. The number of rotatable bonds is 5. The van der Waals surface area contributed by atoms with Crippen LogP contribution in [0.4, 0.5) is 10.1 Å².